The van der Waals surface area contributed by atoms with E-state index in [-0.39, 0.29) is 18.0 Å². The van der Waals surface area contributed by atoms with Crippen LogP contribution >= 0.6 is 0 Å². The smallest absolute Gasteiger partial charge is 0.170 e. The number of nitrogens with one attached hydrogen (secondary N) is 1. The summed E-state index contributed by atoms with van der Waals surface area (Å²) in [6, 6.07) is 7.31. The van der Waals surface area contributed by atoms with Crippen LogP contribution in [-0.4, -0.2) is 18.7 Å². The molecule has 0 unspecified atom stereocenters. The molecule has 1 aromatic carbocycles. The first kappa shape index (κ1) is 14.9. The quantitative estimate of drug-likeness (QED) is 0.663. The van der Waals surface area contributed by atoms with E-state index in [4.69, 9.17) is 4.84 Å². The van der Waals surface area contributed by atoms with Crippen molar-refractivity contribution in [2.24, 2.45) is 5.92 Å². The molecule has 0 bridgehead atoms. The molecule has 0 saturated heterocycles. The summed E-state index contributed by atoms with van der Waals surface area (Å²) >= 11 is 0. The van der Waals surface area contributed by atoms with E-state index >= 15 is 0 Å². The second-order valence-electron chi connectivity index (χ2n) is 5.71. The highest BCUT2D eigenvalue weighted by molar-refractivity contribution is 6.15. The fourth-order valence-corrected chi connectivity index (χ4v) is 2.76. The summed E-state index contributed by atoms with van der Waals surface area (Å²) in [7, 11) is 1.50. The Morgan fingerprint density at radius 3 is 2.65 bits per heavy atom. The van der Waals surface area contributed by atoms with Gasteiger partial charge in [-0.1, -0.05) is 38.1 Å². The molecule has 1 aliphatic rings. The highest BCUT2D eigenvalue weighted by Gasteiger charge is 2.46. The maximum atomic E-state index is 12.5. The minimum Gasteiger partial charge on any atom is -0.304 e. The van der Waals surface area contributed by atoms with Gasteiger partial charge in [-0.05, 0) is 24.3 Å². The number of benzene rings is 1. The van der Waals surface area contributed by atoms with Gasteiger partial charge in [-0.3, -0.25) is 9.59 Å². The summed E-state index contributed by atoms with van der Waals surface area (Å²) in [5, 5.41) is 0. The molecular weight excluding hydrogens is 254 g/mol. The van der Waals surface area contributed by atoms with Crippen LogP contribution in [0.2, 0.25) is 0 Å². The number of Topliss-reactive ketones (excluding diaryl/α,β-unsaturated/α-hetero) is 2. The van der Waals surface area contributed by atoms with Gasteiger partial charge in [0.2, 0.25) is 0 Å². The highest BCUT2D eigenvalue weighted by Crippen LogP contribution is 2.37. The summed E-state index contributed by atoms with van der Waals surface area (Å²) in [5.74, 6) is 0.260. The lowest BCUT2D eigenvalue weighted by atomic mass is 9.72. The number of rotatable bonds is 5. The molecule has 1 N–H and O–H groups in total. The van der Waals surface area contributed by atoms with Gasteiger partial charge >= 0.3 is 0 Å². The van der Waals surface area contributed by atoms with Gasteiger partial charge in [-0.2, -0.15) is 5.48 Å². The van der Waals surface area contributed by atoms with Crippen LogP contribution in [0.25, 0.3) is 0 Å². The molecule has 108 valence electrons. The molecule has 0 aromatic heterocycles. The van der Waals surface area contributed by atoms with Crippen molar-refractivity contribution in [3.63, 3.8) is 0 Å². The molecule has 0 spiro atoms. The zero-order chi connectivity index (χ0) is 14.8. The van der Waals surface area contributed by atoms with Crippen molar-refractivity contribution in [3.8, 4) is 0 Å². The van der Waals surface area contributed by atoms with Crippen LogP contribution in [-0.2, 0) is 15.2 Å². The number of hydrogen-bond donors (Lipinski definition) is 1. The predicted octanol–water partition coefficient (Wildman–Crippen LogP) is 2.62. The minimum absolute atomic E-state index is 0.0640. The van der Waals surface area contributed by atoms with Crippen molar-refractivity contribution < 1.29 is 14.4 Å². The number of carbonyl (C=O) groups is 2. The Kier molecular flexibility index (Phi) is 4.35. The van der Waals surface area contributed by atoms with Gasteiger partial charge in [0.1, 0.15) is 5.54 Å². The molecule has 0 heterocycles. The zero-order valence-electron chi connectivity index (χ0n) is 12.2. The van der Waals surface area contributed by atoms with E-state index in [1.807, 2.05) is 18.2 Å². The largest absolute Gasteiger partial charge is 0.304 e. The molecule has 4 nitrogen and oxygen atoms in total. The fraction of sp³-hybridized carbons (Fsp3) is 0.500. The van der Waals surface area contributed by atoms with E-state index in [9.17, 15) is 9.59 Å². The van der Waals surface area contributed by atoms with E-state index in [1.54, 1.807) is 6.07 Å². The summed E-state index contributed by atoms with van der Waals surface area (Å²) in [4.78, 5) is 29.7. The van der Waals surface area contributed by atoms with Gasteiger partial charge < -0.3 is 4.84 Å². The van der Waals surface area contributed by atoms with Gasteiger partial charge in [-0.15, -0.1) is 0 Å². The Morgan fingerprint density at radius 1 is 1.30 bits per heavy atom. The van der Waals surface area contributed by atoms with Crippen LogP contribution in [0.4, 0.5) is 0 Å². The average Bonchev–Trinajstić information content (AvgIpc) is 2.42. The number of hydrogen-bond acceptors (Lipinski definition) is 4. The monoisotopic (exact) mass is 275 g/mol. The van der Waals surface area contributed by atoms with Crippen LogP contribution in [0.15, 0.2) is 24.3 Å². The first-order valence-corrected chi connectivity index (χ1v) is 6.97. The Morgan fingerprint density at radius 2 is 2.00 bits per heavy atom. The second kappa shape index (κ2) is 5.85. The maximum absolute atomic E-state index is 12.5. The van der Waals surface area contributed by atoms with Crippen LogP contribution in [0, 0.1) is 5.92 Å². The number of hydroxylamine groups is 1. The lowest BCUT2D eigenvalue weighted by molar-refractivity contribution is -0.132. The second-order valence-corrected chi connectivity index (χ2v) is 5.71. The first-order valence-electron chi connectivity index (χ1n) is 6.97. The van der Waals surface area contributed by atoms with Crippen molar-refractivity contribution in [2.45, 2.75) is 38.6 Å². The van der Waals surface area contributed by atoms with E-state index < -0.39 is 5.54 Å². The highest BCUT2D eigenvalue weighted by atomic mass is 16.6. The molecule has 1 atom stereocenters. The lowest BCUT2D eigenvalue weighted by Gasteiger charge is -2.37. The Balaban J connectivity index is 2.50. The topological polar surface area (TPSA) is 55.4 Å². The fourth-order valence-electron chi connectivity index (χ4n) is 2.76. The van der Waals surface area contributed by atoms with Gasteiger partial charge in [0, 0.05) is 5.56 Å². The van der Waals surface area contributed by atoms with Gasteiger partial charge in [0.15, 0.2) is 11.6 Å². The third-order valence-corrected chi connectivity index (χ3v) is 3.86. The third-order valence-electron chi connectivity index (χ3n) is 3.86. The van der Waals surface area contributed by atoms with E-state index in [0.717, 1.165) is 12.0 Å². The average molecular weight is 275 g/mol. The van der Waals surface area contributed by atoms with E-state index in [2.05, 4.69) is 19.3 Å². The number of fused-ring (bicyclic) bond motifs is 1. The molecular formula is C16H21NO3. The maximum Gasteiger partial charge on any atom is 0.170 e. The molecule has 0 aliphatic heterocycles. The SMILES string of the molecule is CON[C@@]1(CCC(C)C)C(=O)CC(=O)c2ccccc21. The molecule has 0 saturated carbocycles. The molecule has 0 radical (unpaired) electrons. The summed E-state index contributed by atoms with van der Waals surface area (Å²) < 4.78 is 0. The first-order chi connectivity index (χ1) is 9.51. The van der Waals surface area contributed by atoms with Crippen LogP contribution in [0.5, 0.6) is 0 Å². The normalized spacial score (nSPS) is 22.2. The van der Waals surface area contributed by atoms with Crippen molar-refractivity contribution >= 4 is 11.6 Å². The van der Waals surface area contributed by atoms with Crippen LogP contribution in [0.1, 0.15) is 49.0 Å². The van der Waals surface area contributed by atoms with Crippen molar-refractivity contribution in [2.75, 3.05) is 7.11 Å². The molecule has 1 aliphatic carbocycles. The zero-order valence-corrected chi connectivity index (χ0v) is 12.2. The Labute approximate surface area is 119 Å². The predicted molar refractivity (Wildman–Crippen MR) is 76.3 cm³/mol. The summed E-state index contributed by atoms with van der Waals surface area (Å²) in [6.07, 6.45) is 1.44. The Hall–Kier alpha value is -1.52. The molecule has 2 rings (SSSR count). The lowest BCUT2D eigenvalue weighted by Crippen LogP contribution is -2.52. The minimum atomic E-state index is -0.899. The van der Waals surface area contributed by atoms with Gasteiger partial charge in [-0.25, -0.2) is 0 Å². The van der Waals surface area contributed by atoms with Crippen LogP contribution in [0.3, 0.4) is 0 Å². The summed E-state index contributed by atoms with van der Waals surface area (Å²) in [5.41, 5.74) is 3.34. The van der Waals surface area contributed by atoms with Gasteiger partial charge in [0.05, 0.1) is 13.5 Å². The van der Waals surface area contributed by atoms with Gasteiger partial charge in [0.25, 0.3) is 0 Å². The van der Waals surface area contributed by atoms with Crippen molar-refractivity contribution in [1.82, 2.24) is 5.48 Å². The molecule has 4 heteroatoms. The number of carbonyl (C=O) groups excluding carboxylic acids is 2. The Bertz CT molecular complexity index is 524. The molecule has 0 fully saturated rings. The van der Waals surface area contributed by atoms with Crippen molar-refractivity contribution in [3.05, 3.63) is 35.4 Å². The molecule has 20 heavy (non-hydrogen) atoms. The van der Waals surface area contributed by atoms with Crippen molar-refractivity contribution in [1.29, 1.82) is 0 Å². The van der Waals surface area contributed by atoms with E-state index in [1.165, 1.54) is 7.11 Å². The third kappa shape index (κ3) is 2.53. The summed E-state index contributed by atoms with van der Waals surface area (Å²) in [6.45, 7) is 4.23. The standard InChI is InChI=1S/C16H21NO3/c1-11(2)8-9-16(17-20-3)13-7-5-4-6-12(13)14(18)10-15(16)19/h4-7,11,17H,8-10H2,1-3H3/t16-/m1/s1. The van der Waals surface area contributed by atoms with E-state index in [0.29, 0.717) is 17.9 Å². The molecule has 0 amide bonds. The molecule has 1 aromatic rings. The number of ketones is 2. The van der Waals surface area contributed by atoms with Crippen LogP contribution < -0.4 is 5.48 Å².